The van der Waals surface area contributed by atoms with Crippen LogP contribution in [-0.2, 0) is 4.79 Å². The van der Waals surface area contributed by atoms with E-state index < -0.39 is 37.0 Å². The number of nitrogens with one attached hydrogen (secondary N) is 1. The lowest BCUT2D eigenvalue weighted by atomic mass is 10.0. The van der Waals surface area contributed by atoms with Gasteiger partial charge in [0.1, 0.15) is 30.6 Å². The molecule has 0 unspecified atom stereocenters. The van der Waals surface area contributed by atoms with E-state index in [9.17, 15) is 25.0 Å². The second kappa shape index (κ2) is 7.92. The molecule has 10 heteroatoms. The summed E-state index contributed by atoms with van der Waals surface area (Å²) < 4.78 is 0. The third-order valence-corrected chi connectivity index (χ3v) is 2.21. The van der Waals surface area contributed by atoms with Gasteiger partial charge < -0.3 is 35.7 Å². The number of carbonyl (C=O) groups is 2. The van der Waals surface area contributed by atoms with Crippen molar-refractivity contribution in [3.8, 4) is 0 Å². The molecular weight excluding hydrogens is 250 g/mol. The SMILES string of the molecule is CN([NH2+][O-])C(=O)N[C@@H](C=O)[C@@H](O)[C@@H](O)[C@@H](O)CO. The molecule has 0 aliphatic carbocycles. The maximum atomic E-state index is 11.2. The van der Waals surface area contributed by atoms with Crippen molar-refractivity contribution in [3.05, 3.63) is 5.21 Å². The molecule has 0 saturated carbocycles. The van der Waals surface area contributed by atoms with Crippen LogP contribution in [0.15, 0.2) is 0 Å². The van der Waals surface area contributed by atoms with Crippen molar-refractivity contribution < 1.29 is 35.6 Å². The molecule has 18 heavy (non-hydrogen) atoms. The minimum absolute atomic E-state index is 0.133. The van der Waals surface area contributed by atoms with Crippen LogP contribution in [0, 0.1) is 5.21 Å². The van der Waals surface area contributed by atoms with Gasteiger partial charge in [-0.05, 0) is 0 Å². The maximum Gasteiger partial charge on any atom is 0.362 e. The second-order valence-electron chi connectivity index (χ2n) is 3.56. The summed E-state index contributed by atoms with van der Waals surface area (Å²) in [5.41, 5.74) is 0.183. The fraction of sp³-hybridized carbons (Fsp3) is 0.750. The molecule has 0 spiro atoms. The molecule has 0 saturated heterocycles. The van der Waals surface area contributed by atoms with E-state index in [1.807, 2.05) is 5.32 Å². The molecule has 0 fully saturated rings. The summed E-state index contributed by atoms with van der Waals surface area (Å²) in [5.74, 6) is 0. The van der Waals surface area contributed by atoms with Crippen molar-refractivity contribution >= 4 is 12.3 Å². The normalized spacial score (nSPS) is 17.4. The topological polar surface area (TPSA) is 170 Å². The summed E-state index contributed by atoms with van der Waals surface area (Å²) in [4.78, 5) is 21.9. The Morgan fingerprint density at radius 3 is 2.39 bits per heavy atom. The zero-order valence-electron chi connectivity index (χ0n) is 9.63. The number of aldehydes is 1. The largest absolute Gasteiger partial charge is 0.609 e. The number of amides is 2. The Bertz CT molecular complexity index is 277. The molecule has 0 heterocycles. The van der Waals surface area contributed by atoms with E-state index in [-0.39, 0.29) is 11.9 Å². The smallest absolute Gasteiger partial charge is 0.362 e. The Hall–Kier alpha value is -1.30. The van der Waals surface area contributed by atoms with Gasteiger partial charge in [0.05, 0.1) is 13.7 Å². The third kappa shape index (κ3) is 4.52. The van der Waals surface area contributed by atoms with E-state index in [0.717, 1.165) is 7.05 Å². The van der Waals surface area contributed by atoms with Crippen molar-refractivity contribution in [3.63, 3.8) is 0 Å². The summed E-state index contributed by atoms with van der Waals surface area (Å²) in [6.45, 7) is -0.827. The summed E-state index contributed by atoms with van der Waals surface area (Å²) in [6.07, 6.45) is -5.18. The van der Waals surface area contributed by atoms with Crippen molar-refractivity contribution in [1.82, 2.24) is 10.3 Å². The monoisotopic (exact) mass is 267 g/mol. The van der Waals surface area contributed by atoms with Crippen LogP contribution in [0.25, 0.3) is 0 Å². The fourth-order valence-corrected chi connectivity index (χ4v) is 1.04. The Morgan fingerprint density at radius 1 is 1.44 bits per heavy atom. The van der Waals surface area contributed by atoms with Crippen molar-refractivity contribution in [2.24, 2.45) is 0 Å². The molecule has 0 aromatic rings. The van der Waals surface area contributed by atoms with Crippen LogP contribution in [0.5, 0.6) is 0 Å². The summed E-state index contributed by atoms with van der Waals surface area (Å²) in [5, 5.41) is 49.3. The van der Waals surface area contributed by atoms with E-state index in [0.29, 0.717) is 5.01 Å². The number of carbonyl (C=O) groups excluding carboxylic acids is 2. The number of hydrogen-bond acceptors (Lipinski definition) is 7. The van der Waals surface area contributed by atoms with E-state index in [2.05, 4.69) is 0 Å². The first-order chi connectivity index (χ1) is 8.38. The summed E-state index contributed by atoms with van der Waals surface area (Å²) in [7, 11) is 1.12. The van der Waals surface area contributed by atoms with Crippen LogP contribution in [0.4, 0.5) is 4.79 Å². The number of nitrogens with zero attached hydrogens (tertiary/aromatic N) is 1. The first-order valence-electron chi connectivity index (χ1n) is 4.98. The molecule has 0 aromatic carbocycles. The van der Waals surface area contributed by atoms with Gasteiger partial charge in [-0.25, -0.2) is 4.79 Å². The van der Waals surface area contributed by atoms with Crippen LogP contribution >= 0.6 is 0 Å². The molecule has 0 aliphatic rings. The molecule has 10 nitrogen and oxygen atoms in total. The molecule has 2 amide bonds. The van der Waals surface area contributed by atoms with E-state index in [1.165, 1.54) is 0 Å². The average molecular weight is 267 g/mol. The van der Waals surface area contributed by atoms with Gasteiger partial charge >= 0.3 is 6.03 Å². The minimum Gasteiger partial charge on any atom is -0.609 e. The molecule has 0 rings (SSSR count). The fourth-order valence-electron chi connectivity index (χ4n) is 1.04. The minimum atomic E-state index is -1.83. The van der Waals surface area contributed by atoms with Crippen LogP contribution in [0.2, 0.25) is 0 Å². The Morgan fingerprint density at radius 2 is 2.00 bits per heavy atom. The van der Waals surface area contributed by atoms with Gasteiger partial charge in [-0.15, -0.1) is 0 Å². The van der Waals surface area contributed by atoms with Gasteiger partial charge in [0, 0.05) is 0 Å². The standard InChI is InChI=1S/C8H17N3O7/c1-11(10-18)8(17)9-4(2-12)6(15)7(16)5(14)3-13/h2,4-7,13-16H,3,10H2,1H3,(H,9,17)/t4-,5-,6+,7-/m0/s1. The first-order valence-corrected chi connectivity index (χ1v) is 4.98. The lowest BCUT2D eigenvalue weighted by molar-refractivity contribution is -0.726. The van der Waals surface area contributed by atoms with Crippen molar-refractivity contribution in [2.75, 3.05) is 13.7 Å². The summed E-state index contributed by atoms with van der Waals surface area (Å²) >= 11 is 0. The van der Waals surface area contributed by atoms with Gasteiger partial charge in [0.15, 0.2) is 0 Å². The molecule has 106 valence electrons. The highest BCUT2D eigenvalue weighted by Gasteiger charge is 2.32. The number of nitrogens with two attached hydrogens (primary N) is 1. The Balaban J connectivity index is 4.58. The zero-order chi connectivity index (χ0) is 14.3. The number of aliphatic hydroxyl groups excluding tert-OH is 4. The highest BCUT2D eigenvalue weighted by molar-refractivity contribution is 5.77. The lowest BCUT2D eigenvalue weighted by Gasteiger charge is -2.27. The second-order valence-corrected chi connectivity index (χ2v) is 3.56. The van der Waals surface area contributed by atoms with Crippen LogP contribution in [-0.4, -0.2) is 75.8 Å². The highest BCUT2D eigenvalue weighted by Crippen LogP contribution is 2.04. The lowest BCUT2D eigenvalue weighted by Crippen LogP contribution is -2.89. The van der Waals surface area contributed by atoms with Gasteiger partial charge in [-0.3, -0.25) is 5.59 Å². The van der Waals surface area contributed by atoms with Gasteiger partial charge in [0.2, 0.25) is 0 Å². The quantitative estimate of drug-likeness (QED) is 0.116. The van der Waals surface area contributed by atoms with Crippen LogP contribution < -0.4 is 10.9 Å². The molecule has 7 N–H and O–H groups in total. The molecule has 4 atom stereocenters. The van der Waals surface area contributed by atoms with Crippen LogP contribution in [0.1, 0.15) is 0 Å². The van der Waals surface area contributed by atoms with Gasteiger partial charge in [-0.1, -0.05) is 0 Å². The van der Waals surface area contributed by atoms with Crippen LogP contribution in [0.3, 0.4) is 0 Å². The summed E-state index contributed by atoms with van der Waals surface area (Å²) in [6, 6.07) is -2.50. The average Bonchev–Trinajstić information content (AvgIpc) is 2.40. The van der Waals surface area contributed by atoms with Gasteiger partial charge in [-0.2, -0.15) is 5.01 Å². The van der Waals surface area contributed by atoms with E-state index in [4.69, 9.17) is 10.2 Å². The predicted molar refractivity (Wildman–Crippen MR) is 56.5 cm³/mol. The number of rotatable bonds is 7. The molecule has 0 aliphatic heterocycles. The Labute approximate surface area is 102 Å². The molecule has 0 radical (unpaired) electrons. The van der Waals surface area contributed by atoms with E-state index in [1.54, 1.807) is 0 Å². The molecule has 0 aromatic heterocycles. The maximum absolute atomic E-state index is 11.2. The van der Waals surface area contributed by atoms with Gasteiger partial charge in [0.25, 0.3) is 0 Å². The third-order valence-electron chi connectivity index (χ3n) is 2.21. The zero-order valence-corrected chi connectivity index (χ0v) is 9.63. The Kier molecular flexibility index (Phi) is 7.35. The van der Waals surface area contributed by atoms with E-state index >= 15 is 0 Å². The molecular formula is C8H17N3O7. The van der Waals surface area contributed by atoms with Crippen molar-refractivity contribution in [2.45, 2.75) is 24.4 Å². The van der Waals surface area contributed by atoms with Crippen molar-refractivity contribution in [1.29, 1.82) is 0 Å². The number of hydrogen-bond donors (Lipinski definition) is 6. The number of aliphatic hydroxyl groups is 4. The first kappa shape index (κ1) is 16.7. The molecule has 0 bridgehead atoms. The predicted octanol–water partition coefficient (Wildman–Crippen LogP) is -4.75. The number of urea groups is 1. The number of quaternary nitrogens is 1. The highest BCUT2D eigenvalue weighted by atomic mass is 16.5.